The van der Waals surface area contributed by atoms with Crippen LogP contribution in [0.4, 0.5) is 10.1 Å². The fourth-order valence-corrected chi connectivity index (χ4v) is 2.59. The zero-order chi connectivity index (χ0) is 14.0. The Morgan fingerprint density at radius 3 is 2.63 bits per heavy atom. The van der Waals surface area contributed by atoms with E-state index in [9.17, 15) is 12.8 Å². The average molecular weight is 346 g/mol. The van der Waals surface area contributed by atoms with Gasteiger partial charge in [0.05, 0.1) is 18.1 Å². The number of sulfonamides is 1. The molecule has 0 saturated carbocycles. The maximum Gasteiger partial charge on any atom is 0.263 e. The van der Waals surface area contributed by atoms with E-state index < -0.39 is 15.8 Å². The fraction of sp³-hybridized carbons (Fsp3) is 0.0909. The van der Waals surface area contributed by atoms with E-state index in [0.29, 0.717) is 10.3 Å². The van der Waals surface area contributed by atoms with Gasteiger partial charge in [0.25, 0.3) is 10.0 Å². The van der Waals surface area contributed by atoms with Crippen LogP contribution in [0.1, 0.15) is 5.56 Å². The van der Waals surface area contributed by atoms with E-state index in [1.54, 1.807) is 13.0 Å². The molecule has 19 heavy (non-hydrogen) atoms. The highest BCUT2D eigenvalue weighted by Gasteiger charge is 2.16. The smallest absolute Gasteiger partial charge is 0.263 e. The highest BCUT2D eigenvalue weighted by molar-refractivity contribution is 9.10. The van der Waals surface area contributed by atoms with Gasteiger partial charge in [-0.25, -0.2) is 17.8 Å². The van der Waals surface area contributed by atoms with E-state index in [1.165, 1.54) is 6.20 Å². The third-order valence-electron chi connectivity index (χ3n) is 2.26. The Kier molecular flexibility index (Phi) is 3.81. The first-order valence-corrected chi connectivity index (χ1v) is 7.41. The van der Waals surface area contributed by atoms with Crippen molar-refractivity contribution in [3.63, 3.8) is 0 Å². The van der Waals surface area contributed by atoms with Gasteiger partial charge in [-0.15, -0.1) is 0 Å². The van der Waals surface area contributed by atoms with Crippen molar-refractivity contribution in [3.8, 4) is 0 Å². The maximum atomic E-state index is 13.0. The monoisotopic (exact) mass is 345 g/mol. The number of hydrogen-bond donors (Lipinski definition) is 1. The first-order chi connectivity index (χ1) is 8.88. The second kappa shape index (κ2) is 5.22. The molecule has 2 rings (SSSR count). The predicted octanol–water partition coefficient (Wildman–Crippen LogP) is 2.49. The average Bonchev–Trinajstić information content (AvgIpc) is 2.33. The van der Waals surface area contributed by atoms with Gasteiger partial charge in [0.1, 0.15) is 15.3 Å². The number of anilines is 1. The Labute approximate surface area is 118 Å². The van der Waals surface area contributed by atoms with Gasteiger partial charge in [-0.2, -0.15) is 0 Å². The number of hydrogen-bond acceptors (Lipinski definition) is 4. The van der Waals surface area contributed by atoms with Crippen molar-refractivity contribution < 1.29 is 12.8 Å². The molecule has 0 amide bonds. The minimum Gasteiger partial charge on any atom is -0.278 e. The normalized spacial score (nSPS) is 11.3. The highest BCUT2D eigenvalue weighted by atomic mass is 79.9. The summed E-state index contributed by atoms with van der Waals surface area (Å²) in [7, 11) is -3.87. The van der Waals surface area contributed by atoms with E-state index >= 15 is 0 Å². The number of nitrogens with one attached hydrogen (secondary N) is 1. The van der Waals surface area contributed by atoms with Gasteiger partial charge in [0, 0.05) is 6.20 Å². The summed E-state index contributed by atoms with van der Waals surface area (Å²) in [5.41, 5.74) is 1.07. The maximum absolute atomic E-state index is 13.0. The molecule has 0 aliphatic rings. The van der Waals surface area contributed by atoms with Crippen LogP contribution in [0.25, 0.3) is 0 Å². The summed E-state index contributed by atoms with van der Waals surface area (Å²) in [6, 6.07) is 2.51. The lowest BCUT2D eigenvalue weighted by Crippen LogP contribution is -2.13. The third-order valence-corrected chi connectivity index (χ3v) is 4.44. The van der Waals surface area contributed by atoms with Gasteiger partial charge in [-0.05, 0) is 40.5 Å². The van der Waals surface area contributed by atoms with Crippen LogP contribution in [0, 0.1) is 12.7 Å². The minimum absolute atomic E-state index is 0.243. The molecule has 2 aromatic heterocycles. The van der Waals surface area contributed by atoms with Crippen LogP contribution in [0.15, 0.2) is 40.2 Å². The van der Waals surface area contributed by atoms with E-state index in [2.05, 4.69) is 30.6 Å². The second-order valence-electron chi connectivity index (χ2n) is 3.78. The molecule has 2 heterocycles. The zero-order valence-electron chi connectivity index (χ0n) is 9.76. The Hall–Kier alpha value is -1.54. The molecule has 100 valence electrons. The molecule has 0 unspecified atom stereocenters. The second-order valence-corrected chi connectivity index (χ2v) is 6.21. The Morgan fingerprint density at radius 2 is 2.00 bits per heavy atom. The Bertz CT molecular complexity index is 722. The molecule has 0 spiro atoms. The highest BCUT2D eigenvalue weighted by Crippen LogP contribution is 2.20. The molecule has 0 atom stereocenters. The molecule has 0 aliphatic heterocycles. The van der Waals surface area contributed by atoms with Crippen LogP contribution in [0.2, 0.25) is 0 Å². The fourth-order valence-electron chi connectivity index (χ4n) is 1.37. The van der Waals surface area contributed by atoms with Crippen LogP contribution >= 0.6 is 15.9 Å². The molecular weight excluding hydrogens is 337 g/mol. The summed E-state index contributed by atoms with van der Waals surface area (Å²) >= 11 is 3.22. The number of nitrogens with zero attached hydrogens (tertiary/aromatic N) is 2. The predicted molar refractivity (Wildman–Crippen MR) is 71.7 cm³/mol. The first-order valence-electron chi connectivity index (χ1n) is 5.14. The SMILES string of the molecule is Cc1cc(NS(=O)(=O)c2cncc(F)c2)cnc1Br. The first kappa shape index (κ1) is 13.9. The molecular formula is C11H9BrFN3O2S. The molecule has 0 radical (unpaired) electrons. The zero-order valence-corrected chi connectivity index (χ0v) is 12.2. The summed E-state index contributed by atoms with van der Waals surface area (Å²) in [5, 5.41) is 0. The van der Waals surface area contributed by atoms with Gasteiger partial charge < -0.3 is 0 Å². The van der Waals surface area contributed by atoms with Crippen LogP contribution in [-0.4, -0.2) is 18.4 Å². The standard InChI is InChI=1S/C11H9BrFN3O2S/c1-7-2-9(5-15-11(7)12)16-19(17,18)10-3-8(13)4-14-6-10/h2-6,16H,1H3. The molecule has 0 saturated heterocycles. The van der Waals surface area contributed by atoms with Crippen molar-refractivity contribution >= 4 is 31.6 Å². The van der Waals surface area contributed by atoms with Crippen molar-refractivity contribution in [3.05, 3.63) is 46.7 Å². The quantitative estimate of drug-likeness (QED) is 0.867. The number of pyridine rings is 2. The van der Waals surface area contributed by atoms with Crippen molar-refractivity contribution in [2.24, 2.45) is 0 Å². The lowest BCUT2D eigenvalue weighted by Gasteiger charge is -2.08. The van der Waals surface area contributed by atoms with Crippen LogP contribution in [0.3, 0.4) is 0 Å². The summed E-state index contributed by atoms with van der Waals surface area (Å²) in [4.78, 5) is 7.24. The summed E-state index contributed by atoms with van der Waals surface area (Å²) in [6.45, 7) is 1.78. The molecule has 0 bridgehead atoms. The molecule has 0 fully saturated rings. The van der Waals surface area contributed by atoms with Crippen LogP contribution < -0.4 is 4.72 Å². The van der Waals surface area contributed by atoms with Gasteiger partial charge >= 0.3 is 0 Å². The largest absolute Gasteiger partial charge is 0.278 e. The van der Waals surface area contributed by atoms with Crippen LogP contribution in [-0.2, 0) is 10.0 Å². The van der Waals surface area contributed by atoms with Crippen molar-refractivity contribution in [2.45, 2.75) is 11.8 Å². The molecule has 5 nitrogen and oxygen atoms in total. The van der Waals surface area contributed by atoms with Gasteiger partial charge in [-0.3, -0.25) is 9.71 Å². The van der Waals surface area contributed by atoms with Crippen LogP contribution in [0.5, 0.6) is 0 Å². The summed E-state index contributed by atoms with van der Waals surface area (Å²) in [6.07, 6.45) is 3.37. The van der Waals surface area contributed by atoms with Crippen molar-refractivity contribution in [1.82, 2.24) is 9.97 Å². The van der Waals surface area contributed by atoms with E-state index in [4.69, 9.17) is 0 Å². The Balaban J connectivity index is 2.33. The van der Waals surface area contributed by atoms with Gasteiger partial charge in [0.15, 0.2) is 0 Å². The number of halogens is 2. The number of aryl methyl sites for hydroxylation is 1. The molecule has 0 aromatic carbocycles. The van der Waals surface area contributed by atoms with Crippen molar-refractivity contribution in [2.75, 3.05) is 4.72 Å². The number of aromatic nitrogens is 2. The number of rotatable bonds is 3. The summed E-state index contributed by atoms with van der Waals surface area (Å²) in [5.74, 6) is -0.715. The molecule has 8 heteroatoms. The van der Waals surface area contributed by atoms with Gasteiger partial charge in [0.2, 0.25) is 0 Å². The lowest BCUT2D eigenvalue weighted by atomic mass is 10.3. The molecule has 1 N–H and O–H groups in total. The van der Waals surface area contributed by atoms with Crippen molar-refractivity contribution in [1.29, 1.82) is 0 Å². The molecule has 2 aromatic rings. The van der Waals surface area contributed by atoms with E-state index in [-0.39, 0.29) is 4.90 Å². The molecule has 0 aliphatic carbocycles. The lowest BCUT2D eigenvalue weighted by molar-refractivity contribution is 0.592. The topological polar surface area (TPSA) is 72.0 Å². The van der Waals surface area contributed by atoms with Gasteiger partial charge in [-0.1, -0.05) is 0 Å². The third kappa shape index (κ3) is 3.27. The van der Waals surface area contributed by atoms with E-state index in [0.717, 1.165) is 24.0 Å². The Morgan fingerprint density at radius 1 is 1.26 bits per heavy atom. The summed E-state index contributed by atoms with van der Waals surface area (Å²) < 4.78 is 39.9. The van der Waals surface area contributed by atoms with E-state index in [1.807, 2.05) is 0 Å². The minimum atomic E-state index is -3.87.